The molecule has 1 amide bonds. The van der Waals surface area contributed by atoms with Gasteiger partial charge in [0.2, 0.25) is 11.7 Å². The molecular formula is C25H30FN5O4. The number of hydrogen-bond donors (Lipinski definition) is 2. The molecular weight excluding hydrogens is 453 g/mol. The van der Waals surface area contributed by atoms with Gasteiger partial charge in [-0.05, 0) is 43.7 Å². The predicted octanol–water partition coefficient (Wildman–Crippen LogP) is 4.16. The first-order valence-electron chi connectivity index (χ1n) is 11.1. The van der Waals surface area contributed by atoms with Gasteiger partial charge in [-0.1, -0.05) is 13.0 Å². The van der Waals surface area contributed by atoms with Gasteiger partial charge in [-0.15, -0.1) is 0 Å². The highest BCUT2D eigenvalue weighted by molar-refractivity contribution is 6.10. The Bertz CT molecular complexity index is 1180. The van der Waals surface area contributed by atoms with Gasteiger partial charge in [0.1, 0.15) is 5.82 Å². The Kier molecular flexibility index (Phi) is 8.66. The lowest BCUT2D eigenvalue weighted by Gasteiger charge is -2.15. The van der Waals surface area contributed by atoms with Crippen LogP contribution in [0.15, 0.2) is 47.6 Å². The van der Waals surface area contributed by atoms with Crippen molar-refractivity contribution in [1.29, 1.82) is 0 Å². The highest BCUT2D eigenvalue weighted by atomic mass is 19.1. The van der Waals surface area contributed by atoms with E-state index in [2.05, 4.69) is 27.6 Å². The van der Waals surface area contributed by atoms with Crippen molar-refractivity contribution in [1.82, 2.24) is 15.1 Å². The number of carbonyl (C=O) groups excluding carboxylic acids is 1. The fraction of sp³-hybridized carbons (Fsp3) is 0.320. The molecule has 35 heavy (non-hydrogen) atoms. The van der Waals surface area contributed by atoms with Crippen LogP contribution in [0.3, 0.4) is 0 Å². The summed E-state index contributed by atoms with van der Waals surface area (Å²) in [4.78, 5) is 17.7. The van der Waals surface area contributed by atoms with Crippen LogP contribution in [0.25, 0.3) is 0 Å². The summed E-state index contributed by atoms with van der Waals surface area (Å²) in [7, 11) is 4.43. The molecule has 2 aromatic carbocycles. The Labute approximate surface area is 203 Å². The molecule has 0 saturated heterocycles. The Morgan fingerprint density at radius 2 is 1.83 bits per heavy atom. The van der Waals surface area contributed by atoms with E-state index in [-0.39, 0.29) is 18.1 Å². The van der Waals surface area contributed by atoms with Crippen LogP contribution in [0.4, 0.5) is 10.1 Å². The van der Waals surface area contributed by atoms with Crippen molar-refractivity contribution in [2.75, 3.05) is 26.6 Å². The van der Waals surface area contributed by atoms with E-state index < -0.39 is 11.7 Å². The van der Waals surface area contributed by atoms with Crippen LogP contribution < -0.4 is 24.8 Å². The zero-order valence-electron chi connectivity index (χ0n) is 20.5. The van der Waals surface area contributed by atoms with Crippen LogP contribution in [0.5, 0.6) is 17.2 Å². The summed E-state index contributed by atoms with van der Waals surface area (Å²) in [5.41, 5.74) is 2.47. The number of nitrogens with zero attached hydrogens (tertiary/aromatic N) is 3. The quantitative estimate of drug-likeness (QED) is 0.350. The third-order valence-corrected chi connectivity index (χ3v) is 5.15. The second kappa shape index (κ2) is 11.9. The van der Waals surface area contributed by atoms with Crippen molar-refractivity contribution < 1.29 is 23.4 Å². The first-order chi connectivity index (χ1) is 16.9. The number of anilines is 1. The van der Waals surface area contributed by atoms with Gasteiger partial charge in [0.15, 0.2) is 11.5 Å². The normalized spacial score (nSPS) is 11.2. The topological polar surface area (TPSA) is 99.0 Å². The lowest BCUT2D eigenvalue weighted by Crippen LogP contribution is -2.36. The minimum absolute atomic E-state index is 0.150. The van der Waals surface area contributed by atoms with Crippen LogP contribution in [0.1, 0.15) is 35.0 Å². The SMILES string of the molecule is CCCn1cc(CN=C(NC(=O)c2cc(OC)c(OC)c(OC)c2)Nc2cccc(F)c2)c(C)n1. The van der Waals surface area contributed by atoms with Gasteiger partial charge in [0.05, 0.1) is 33.6 Å². The minimum atomic E-state index is -0.467. The van der Waals surface area contributed by atoms with Gasteiger partial charge in [-0.25, -0.2) is 9.38 Å². The largest absolute Gasteiger partial charge is 0.493 e. The van der Waals surface area contributed by atoms with E-state index in [1.165, 1.54) is 45.6 Å². The fourth-order valence-corrected chi connectivity index (χ4v) is 3.43. The van der Waals surface area contributed by atoms with Crippen molar-refractivity contribution in [2.24, 2.45) is 4.99 Å². The summed E-state index contributed by atoms with van der Waals surface area (Å²) in [6.45, 7) is 5.05. The van der Waals surface area contributed by atoms with E-state index in [9.17, 15) is 9.18 Å². The average Bonchev–Trinajstić information content (AvgIpc) is 3.20. The number of hydrogen-bond acceptors (Lipinski definition) is 6. The van der Waals surface area contributed by atoms with Crippen LogP contribution in [-0.2, 0) is 13.1 Å². The number of amides is 1. The number of methoxy groups -OCH3 is 3. The second-order valence-electron chi connectivity index (χ2n) is 7.67. The molecule has 0 aliphatic carbocycles. The molecule has 0 fully saturated rings. The molecule has 1 heterocycles. The number of aryl methyl sites for hydroxylation is 2. The highest BCUT2D eigenvalue weighted by Crippen LogP contribution is 2.38. The van der Waals surface area contributed by atoms with Gasteiger partial charge in [0.25, 0.3) is 5.91 Å². The number of ether oxygens (including phenoxy) is 3. The Morgan fingerprint density at radius 1 is 1.11 bits per heavy atom. The molecule has 0 unspecified atom stereocenters. The molecule has 0 aliphatic rings. The maximum absolute atomic E-state index is 13.7. The van der Waals surface area contributed by atoms with E-state index in [0.717, 1.165) is 24.2 Å². The third-order valence-electron chi connectivity index (χ3n) is 5.15. The summed E-state index contributed by atoms with van der Waals surface area (Å²) in [6, 6.07) is 8.96. The summed E-state index contributed by atoms with van der Waals surface area (Å²) in [5.74, 6) is 0.322. The average molecular weight is 484 g/mol. The van der Waals surface area contributed by atoms with Crippen molar-refractivity contribution in [2.45, 2.75) is 33.4 Å². The predicted molar refractivity (Wildman–Crippen MR) is 132 cm³/mol. The lowest BCUT2D eigenvalue weighted by molar-refractivity contribution is 0.0976. The molecule has 10 heteroatoms. The van der Waals surface area contributed by atoms with Gasteiger partial charge in [-0.3, -0.25) is 14.8 Å². The van der Waals surface area contributed by atoms with Crippen LogP contribution in [0, 0.1) is 12.7 Å². The Balaban J connectivity index is 1.90. The zero-order chi connectivity index (χ0) is 25.4. The Morgan fingerprint density at radius 3 is 2.43 bits per heavy atom. The summed E-state index contributed by atoms with van der Waals surface area (Å²) < 4.78 is 31.6. The number of halogens is 1. The van der Waals surface area contributed by atoms with Gasteiger partial charge in [-0.2, -0.15) is 5.10 Å². The third kappa shape index (κ3) is 6.50. The smallest absolute Gasteiger partial charge is 0.258 e. The lowest BCUT2D eigenvalue weighted by atomic mass is 10.1. The molecule has 0 radical (unpaired) electrons. The first kappa shape index (κ1) is 25.5. The molecule has 186 valence electrons. The summed E-state index contributed by atoms with van der Waals surface area (Å²) in [6.07, 6.45) is 2.89. The van der Waals surface area contributed by atoms with Crippen LogP contribution >= 0.6 is 0 Å². The summed E-state index contributed by atoms with van der Waals surface area (Å²) >= 11 is 0. The fourth-order valence-electron chi connectivity index (χ4n) is 3.43. The van der Waals surface area contributed by atoms with E-state index in [1.54, 1.807) is 12.1 Å². The van der Waals surface area contributed by atoms with Gasteiger partial charge < -0.3 is 19.5 Å². The number of benzene rings is 2. The number of nitrogens with one attached hydrogen (secondary N) is 2. The number of carbonyl (C=O) groups is 1. The zero-order valence-corrected chi connectivity index (χ0v) is 20.5. The number of aromatic nitrogens is 2. The van der Waals surface area contributed by atoms with E-state index in [4.69, 9.17) is 14.2 Å². The van der Waals surface area contributed by atoms with E-state index >= 15 is 0 Å². The van der Waals surface area contributed by atoms with Crippen LogP contribution in [0.2, 0.25) is 0 Å². The molecule has 0 bridgehead atoms. The number of aliphatic imine (C=N–C) groups is 1. The van der Waals surface area contributed by atoms with E-state index in [1.807, 2.05) is 17.8 Å². The molecule has 2 N–H and O–H groups in total. The monoisotopic (exact) mass is 483 g/mol. The molecule has 1 aromatic heterocycles. The van der Waals surface area contributed by atoms with Crippen LogP contribution in [-0.4, -0.2) is 43.0 Å². The van der Waals surface area contributed by atoms with Crippen molar-refractivity contribution in [3.8, 4) is 17.2 Å². The molecule has 3 aromatic rings. The number of rotatable bonds is 9. The van der Waals surface area contributed by atoms with Crippen molar-refractivity contribution in [3.05, 3.63) is 65.2 Å². The molecule has 0 atom stereocenters. The molecule has 9 nitrogen and oxygen atoms in total. The summed E-state index contributed by atoms with van der Waals surface area (Å²) in [5, 5.41) is 10.2. The molecule has 0 aliphatic heterocycles. The van der Waals surface area contributed by atoms with Crippen molar-refractivity contribution >= 4 is 17.6 Å². The Hall–Kier alpha value is -4.08. The first-order valence-corrected chi connectivity index (χ1v) is 11.1. The van der Waals surface area contributed by atoms with Gasteiger partial charge >= 0.3 is 0 Å². The minimum Gasteiger partial charge on any atom is -0.493 e. The van der Waals surface area contributed by atoms with E-state index in [0.29, 0.717) is 22.9 Å². The molecule has 0 saturated carbocycles. The molecule has 0 spiro atoms. The maximum Gasteiger partial charge on any atom is 0.258 e. The van der Waals surface area contributed by atoms with Gasteiger partial charge in [0, 0.05) is 29.6 Å². The van der Waals surface area contributed by atoms with Crippen molar-refractivity contribution in [3.63, 3.8) is 0 Å². The number of guanidine groups is 1. The second-order valence-corrected chi connectivity index (χ2v) is 7.67. The molecule has 3 rings (SSSR count). The standard InChI is InChI=1S/C25H30FN5O4/c1-6-10-31-15-18(16(2)30-31)14-27-25(28-20-9-7-8-19(26)13-20)29-24(32)17-11-21(33-3)23(35-5)22(12-17)34-4/h7-9,11-13,15H,6,10,14H2,1-5H3,(H2,27,28,29,32). The highest BCUT2D eigenvalue weighted by Gasteiger charge is 2.18. The maximum atomic E-state index is 13.7.